The first-order chi connectivity index (χ1) is 11.2. The number of halogens is 1. The van der Waals surface area contributed by atoms with Gasteiger partial charge in [0.2, 0.25) is 5.91 Å². The number of carbonyl (C=O) groups is 1. The van der Waals surface area contributed by atoms with Crippen LogP contribution in [0, 0.1) is 6.92 Å². The fourth-order valence-corrected chi connectivity index (χ4v) is 3.21. The number of likely N-dealkylation sites (tertiary alicyclic amines) is 1. The number of aliphatic imine (C=N–C) groups is 1. The third-order valence-corrected chi connectivity index (χ3v) is 4.59. The monoisotopic (exact) mass is 465 g/mol. The molecule has 0 spiro atoms. The number of nitrogens with zero attached hydrogens (tertiary/aromatic N) is 3. The van der Waals surface area contributed by atoms with Crippen molar-refractivity contribution >= 4 is 47.2 Å². The van der Waals surface area contributed by atoms with E-state index in [1.807, 2.05) is 18.7 Å². The molecule has 0 unspecified atom stereocenters. The van der Waals surface area contributed by atoms with Gasteiger partial charge in [-0.15, -0.1) is 35.3 Å². The molecule has 24 heavy (non-hydrogen) atoms. The number of aromatic nitrogens is 1. The van der Waals surface area contributed by atoms with E-state index in [2.05, 4.69) is 26.0 Å². The van der Waals surface area contributed by atoms with Gasteiger partial charge in [-0.25, -0.2) is 9.98 Å². The van der Waals surface area contributed by atoms with Gasteiger partial charge in [-0.2, -0.15) is 0 Å². The van der Waals surface area contributed by atoms with Crippen LogP contribution >= 0.6 is 35.3 Å². The summed E-state index contributed by atoms with van der Waals surface area (Å²) >= 11 is 1.67. The van der Waals surface area contributed by atoms with E-state index in [-0.39, 0.29) is 36.4 Å². The largest absolute Gasteiger partial charge is 0.357 e. The molecular formula is C16H28IN5OS. The quantitative estimate of drug-likeness (QED) is 0.384. The minimum atomic E-state index is 0. The fourth-order valence-electron chi connectivity index (χ4n) is 2.56. The summed E-state index contributed by atoms with van der Waals surface area (Å²) in [5, 5.41) is 9.63. The normalized spacial score (nSPS) is 14.9. The summed E-state index contributed by atoms with van der Waals surface area (Å²) in [5.74, 6) is 0.821. The van der Waals surface area contributed by atoms with Gasteiger partial charge in [0.1, 0.15) is 6.54 Å². The Bertz CT molecular complexity index is 528. The first-order valence-electron chi connectivity index (χ1n) is 8.40. The van der Waals surface area contributed by atoms with Gasteiger partial charge < -0.3 is 15.5 Å². The maximum Gasteiger partial charge on any atom is 0.244 e. The molecule has 1 aliphatic heterocycles. The van der Waals surface area contributed by atoms with Gasteiger partial charge in [0.25, 0.3) is 0 Å². The summed E-state index contributed by atoms with van der Waals surface area (Å²) in [6, 6.07) is 0. The molecule has 2 heterocycles. The van der Waals surface area contributed by atoms with Crippen LogP contribution in [0.25, 0.3) is 0 Å². The lowest BCUT2D eigenvalue weighted by Crippen LogP contribution is -2.41. The summed E-state index contributed by atoms with van der Waals surface area (Å²) < 4.78 is 0. The van der Waals surface area contributed by atoms with E-state index in [0.29, 0.717) is 5.96 Å². The van der Waals surface area contributed by atoms with Gasteiger partial charge in [-0.3, -0.25) is 4.79 Å². The molecule has 0 saturated carbocycles. The van der Waals surface area contributed by atoms with Crippen molar-refractivity contribution in [1.29, 1.82) is 0 Å². The Morgan fingerprint density at radius 2 is 2.08 bits per heavy atom. The molecule has 0 aliphatic carbocycles. The third kappa shape index (κ3) is 7.33. The predicted molar refractivity (Wildman–Crippen MR) is 110 cm³/mol. The standard InChI is InChI=1S/C16H27N5OS.HI/c1-3-17-16(18-8-7-14-12-23-13(2)20-14)19-11-15(22)21-9-5-4-6-10-21;/h12H,3-11H2,1-2H3,(H2,17,18,19);1H. The van der Waals surface area contributed by atoms with Crippen LogP contribution in [-0.4, -0.2) is 54.5 Å². The summed E-state index contributed by atoms with van der Waals surface area (Å²) in [7, 11) is 0. The SMILES string of the molecule is CCNC(=NCC(=O)N1CCCCC1)NCCc1csc(C)n1.I. The number of carbonyl (C=O) groups excluding carboxylic acids is 1. The summed E-state index contributed by atoms with van der Waals surface area (Å²) in [6.45, 7) is 7.54. The molecule has 8 heteroatoms. The van der Waals surface area contributed by atoms with Crippen molar-refractivity contribution in [3.63, 3.8) is 0 Å². The highest BCUT2D eigenvalue weighted by Gasteiger charge is 2.15. The molecule has 0 atom stereocenters. The highest BCUT2D eigenvalue weighted by molar-refractivity contribution is 14.0. The smallest absolute Gasteiger partial charge is 0.244 e. The second kappa shape index (κ2) is 11.6. The van der Waals surface area contributed by atoms with E-state index in [1.165, 1.54) is 6.42 Å². The lowest BCUT2D eigenvalue weighted by atomic mass is 10.1. The number of nitrogens with one attached hydrogen (secondary N) is 2. The first-order valence-corrected chi connectivity index (χ1v) is 9.28. The van der Waals surface area contributed by atoms with Crippen LogP contribution in [-0.2, 0) is 11.2 Å². The van der Waals surface area contributed by atoms with E-state index in [4.69, 9.17) is 0 Å². The maximum absolute atomic E-state index is 12.2. The Morgan fingerprint density at radius 3 is 2.71 bits per heavy atom. The van der Waals surface area contributed by atoms with Crippen molar-refractivity contribution in [2.45, 2.75) is 39.5 Å². The summed E-state index contributed by atoms with van der Waals surface area (Å²) in [5.41, 5.74) is 1.10. The molecular weight excluding hydrogens is 437 g/mol. The van der Waals surface area contributed by atoms with E-state index in [0.717, 1.165) is 56.1 Å². The average molecular weight is 465 g/mol. The zero-order chi connectivity index (χ0) is 16.5. The van der Waals surface area contributed by atoms with Crippen molar-refractivity contribution in [2.75, 3.05) is 32.7 Å². The van der Waals surface area contributed by atoms with Gasteiger partial charge in [0.05, 0.1) is 10.7 Å². The number of amides is 1. The van der Waals surface area contributed by atoms with Crippen LogP contribution in [0.15, 0.2) is 10.4 Å². The molecule has 1 fully saturated rings. The van der Waals surface area contributed by atoms with Crippen molar-refractivity contribution < 1.29 is 4.79 Å². The Hall–Kier alpha value is -0.900. The minimum Gasteiger partial charge on any atom is -0.357 e. The number of piperidine rings is 1. The number of hydrogen-bond donors (Lipinski definition) is 2. The number of hydrogen-bond acceptors (Lipinski definition) is 4. The van der Waals surface area contributed by atoms with Crippen LogP contribution in [0.1, 0.15) is 36.9 Å². The molecule has 0 bridgehead atoms. The topological polar surface area (TPSA) is 69.6 Å². The Morgan fingerprint density at radius 1 is 1.33 bits per heavy atom. The molecule has 1 amide bonds. The van der Waals surface area contributed by atoms with Gasteiger partial charge in [-0.05, 0) is 33.1 Å². The number of thiazole rings is 1. The molecule has 0 radical (unpaired) electrons. The highest BCUT2D eigenvalue weighted by Crippen LogP contribution is 2.09. The Balaban J connectivity index is 0.00000288. The fraction of sp³-hybridized carbons (Fsp3) is 0.688. The molecule has 1 aromatic heterocycles. The van der Waals surface area contributed by atoms with E-state index in [1.54, 1.807) is 11.3 Å². The lowest BCUT2D eigenvalue weighted by molar-refractivity contribution is -0.130. The van der Waals surface area contributed by atoms with E-state index in [9.17, 15) is 4.79 Å². The molecule has 136 valence electrons. The molecule has 6 nitrogen and oxygen atoms in total. The van der Waals surface area contributed by atoms with Crippen LogP contribution in [0.3, 0.4) is 0 Å². The lowest BCUT2D eigenvalue weighted by Gasteiger charge is -2.26. The van der Waals surface area contributed by atoms with Crippen LogP contribution < -0.4 is 10.6 Å². The average Bonchev–Trinajstić information content (AvgIpc) is 2.98. The van der Waals surface area contributed by atoms with E-state index < -0.39 is 0 Å². The third-order valence-electron chi connectivity index (χ3n) is 3.77. The van der Waals surface area contributed by atoms with Crippen molar-refractivity contribution in [1.82, 2.24) is 20.5 Å². The molecule has 1 aliphatic rings. The first kappa shape index (κ1) is 21.1. The second-order valence-corrected chi connectivity index (χ2v) is 6.73. The van der Waals surface area contributed by atoms with Crippen molar-refractivity contribution in [2.24, 2.45) is 4.99 Å². The molecule has 1 aromatic rings. The van der Waals surface area contributed by atoms with Crippen LogP contribution in [0.2, 0.25) is 0 Å². The number of guanidine groups is 1. The minimum absolute atomic E-state index is 0. The second-order valence-electron chi connectivity index (χ2n) is 5.67. The molecule has 2 N–H and O–H groups in total. The van der Waals surface area contributed by atoms with Crippen molar-refractivity contribution in [3.05, 3.63) is 16.1 Å². The number of rotatable bonds is 6. The highest BCUT2D eigenvalue weighted by atomic mass is 127. The maximum atomic E-state index is 12.2. The van der Waals surface area contributed by atoms with E-state index >= 15 is 0 Å². The van der Waals surface area contributed by atoms with Gasteiger partial charge in [0.15, 0.2) is 5.96 Å². The van der Waals surface area contributed by atoms with Crippen LogP contribution in [0.5, 0.6) is 0 Å². The van der Waals surface area contributed by atoms with Crippen LogP contribution in [0.4, 0.5) is 0 Å². The molecule has 2 rings (SSSR count). The van der Waals surface area contributed by atoms with Crippen molar-refractivity contribution in [3.8, 4) is 0 Å². The number of aryl methyl sites for hydroxylation is 1. The van der Waals surface area contributed by atoms with Gasteiger partial charge >= 0.3 is 0 Å². The summed E-state index contributed by atoms with van der Waals surface area (Å²) in [4.78, 5) is 22.9. The van der Waals surface area contributed by atoms with Gasteiger partial charge in [-0.1, -0.05) is 0 Å². The predicted octanol–water partition coefficient (Wildman–Crippen LogP) is 2.18. The molecule has 1 saturated heterocycles. The van der Waals surface area contributed by atoms with Gasteiger partial charge in [0, 0.05) is 38.0 Å². The zero-order valence-corrected chi connectivity index (χ0v) is 17.7. The zero-order valence-electron chi connectivity index (χ0n) is 14.5. The Kier molecular flexibility index (Phi) is 10.2. The molecule has 0 aromatic carbocycles. The Labute approximate surface area is 165 Å². The summed E-state index contributed by atoms with van der Waals surface area (Å²) in [6.07, 6.45) is 4.31.